The van der Waals surface area contributed by atoms with Gasteiger partial charge in [0.15, 0.2) is 0 Å². The van der Waals surface area contributed by atoms with Gasteiger partial charge in [0.25, 0.3) is 0 Å². The number of nitrogens with zero attached hydrogens (tertiary/aromatic N) is 1. The molecule has 0 aliphatic carbocycles. The van der Waals surface area contributed by atoms with E-state index < -0.39 is 0 Å². The molecule has 104 valence electrons. The van der Waals surface area contributed by atoms with Crippen LogP contribution >= 0.6 is 0 Å². The van der Waals surface area contributed by atoms with Crippen LogP contribution in [-0.4, -0.2) is 36.5 Å². The highest BCUT2D eigenvalue weighted by atomic mass is 16.2. The van der Waals surface area contributed by atoms with Crippen molar-refractivity contribution >= 4 is 5.91 Å². The summed E-state index contributed by atoms with van der Waals surface area (Å²) in [4.78, 5) is 14.6. The summed E-state index contributed by atoms with van der Waals surface area (Å²) in [5.74, 6) is 1.11. The zero-order valence-corrected chi connectivity index (χ0v) is 12.2. The fourth-order valence-corrected chi connectivity index (χ4v) is 3.38. The first-order valence-electron chi connectivity index (χ1n) is 7.47. The predicted molar refractivity (Wildman–Crippen MR) is 74.4 cm³/mol. The molecule has 0 bridgehead atoms. The van der Waals surface area contributed by atoms with Crippen LogP contribution in [0.5, 0.6) is 0 Å². The Kier molecular flexibility index (Phi) is 4.31. The number of carbonyl (C=O) groups excluding carboxylic acids is 1. The minimum atomic E-state index is 0.109. The largest absolute Gasteiger partial charge is 0.339 e. The maximum Gasteiger partial charge on any atom is 0.223 e. The molecular formula is C15H28N2O. The van der Waals surface area contributed by atoms with Crippen molar-refractivity contribution < 1.29 is 4.79 Å². The SMILES string of the molecule is CC(C)(C)CC(=O)N1CCCC1C1CCNCC1. The molecule has 2 heterocycles. The highest BCUT2D eigenvalue weighted by Gasteiger charge is 2.35. The van der Waals surface area contributed by atoms with Gasteiger partial charge < -0.3 is 10.2 Å². The predicted octanol–water partition coefficient (Wildman–Crippen LogP) is 2.41. The van der Waals surface area contributed by atoms with Crippen LogP contribution in [0, 0.1) is 11.3 Å². The van der Waals surface area contributed by atoms with E-state index in [1.807, 2.05) is 0 Å². The zero-order valence-electron chi connectivity index (χ0n) is 12.2. The topological polar surface area (TPSA) is 32.3 Å². The number of amides is 1. The highest BCUT2D eigenvalue weighted by Crippen LogP contribution is 2.31. The van der Waals surface area contributed by atoms with Crippen molar-refractivity contribution in [3.63, 3.8) is 0 Å². The Bertz CT molecular complexity index is 289. The Morgan fingerprint density at radius 3 is 2.50 bits per heavy atom. The first-order valence-corrected chi connectivity index (χ1v) is 7.47. The standard InChI is InChI=1S/C15H28N2O/c1-15(2,3)11-14(18)17-10-4-5-13(17)12-6-8-16-9-7-12/h12-13,16H,4-11H2,1-3H3. The lowest BCUT2D eigenvalue weighted by Crippen LogP contribution is -2.44. The molecule has 1 atom stereocenters. The average Bonchev–Trinajstić information content (AvgIpc) is 2.76. The molecule has 1 N–H and O–H groups in total. The Hall–Kier alpha value is -0.570. The summed E-state index contributed by atoms with van der Waals surface area (Å²) in [6, 6.07) is 0.530. The van der Waals surface area contributed by atoms with Crippen molar-refractivity contribution in [3.8, 4) is 0 Å². The Balaban J connectivity index is 1.96. The van der Waals surface area contributed by atoms with E-state index in [0.717, 1.165) is 25.6 Å². The third-order valence-corrected chi connectivity index (χ3v) is 4.23. The van der Waals surface area contributed by atoms with Crippen LogP contribution in [0.15, 0.2) is 0 Å². The van der Waals surface area contributed by atoms with Gasteiger partial charge in [0, 0.05) is 19.0 Å². The van der Waals surface area contributed by atoms with Crippen LogP contribution in [0.3, 0.4) is 0 Å². The second-order valence-electron chi connectivity index (χ2n) is 7.12. The number of likely N-dealkylation sites (tertiary alicyclic amines) is 1. The molecule has 0 radical (unpaired) electrons. The zero-order chi connectivity index (χ0) is 13.2. The summed E-state index contributed by atoms with van der Waals surface area (Å²) in [5, 5.41) is 3.42. The molecule has 2 aliphatic rings. The molecular weight excluding hydrogens is 224 g/mol. The van der Waals surface area contributed by atoms with E-state index in [2.05, 4.69) is 31.0 Å². The van der Waals surface area contributed by atoms with Gasteiger partial charge in [-0.05, 0) is 50.1 Å². The molecule has 2 rings (SSSR count). The third-order valence-electron chi connectivity index (χ3n) is 4.23. The Morgan fingerprint density at radius 1 is 1.22 bits per heavy atom. The smallest absolute Gasteiger partial charge is 0.223 e. The molecule has 3 heteroatoms. The van der Waals surface area contributed by atoms with E-state index in [1.165, 1.54) is 25.7 Å². The van der Waals surface area contributed by atoms with Crippen LogP contribution in [0.25, 0.3) is 0 Å². The van der Waals surface area contributed by atoms with Crippen molar-refractivity contribution in [1.82, 2.24) is 10.2 Å². The first-order chi connectivity index (χ1) is 8.47. The molecule has 1 amide bonds. The quantitative estimate of drug-likeness (QED) is 0.818. The van der Waals surface area contributed by atoms with E-state index in [9.17, 15) is 4.79 Å². The van der Waals surface area contributed by atoms with Gasteiger partial charge in [0.1, 0.15) is 0 Å². The summed E-state index contributed by atoms with van der Waals surface area (Å²) in [6.45, 7) is 9.70. The summed E-state index contributed by atoms with van der Waals surface area (Å²) in [7, 11) is 0. The van der Waals surface area contributed by atoms with E-state index >= 15 is 0 Å². The van der Waals surface area contributed by atoms with Gasteiger partial charge >= 0.3 is 0 Å². The summed E-state index contributed by atoms with van der Waals surface area (Å²) >= 11 is 0. The van der Waals surface area contributed by atoms with Gasteiger partial charge in [-0.1, -0.05) is 20.8 Å². The lowest BCUT2D eigenvalue weighted by atomic mass is 9.87. The van der Waals surface area contributed by atoms with Crippen LogP contribution in [0.2, 0.25) is 0 Å². The van der Waals surface area contributed by atoms with Crippen LogP contribution in [0.4, 0.5) is 0 Å². The number of carbonyl (C=O) groups is 1. The lowest BCUT2D eigenvalue weighted by Gasteiger charge is -2.35. The maximum atomic E-state index is 12.4. The van der Waals surface area contributed by atoms with E-state index in [0.29, 0.717) is 18.4 Å². The molecule has 2 saturated heterocycles. The third kappa shape index (κ3) is 3.47. The van der Waals surface area contributed by atoms with Crippen molar-refractivity contribution in [2.75, 3.05) is 19.6 Å². The molecule has 0 aromatic rings. The molecule has 1 unspecified atom stereocenters. The summed E-state index contributed by atoms with van der Waals surface area (Å²) < 4.78 is 0. The molecule has 0 spiro atoms. The molecule has 18 heavy (non-hydrogen) atoms. The first kappa shape index (κ1) is 13.9. The maximum absolute atomic E-state index is 12.4. The van der Waals surface area contributed by atoms with E-state index in [4.69, 9.17) is 0 Å². The van der Waals surface area contributed by atoms with Crippen molar-refractivity contribution in [2.45, 2.75) is 58.9 Å². The number of hydrogen-bond donors (Lipinski definition) is 1. The molecule has 3 nitrogen and oxygen atoms in total. The van der Waals surface area contributed by atoms with Gasteiger partial charge in [-0.15, -0.1) is 0 Å². The minimum Gasteiger partial charge on any atom is -0.339 e. The molecule has 0 aromatic carbocycles. The number of hydrogen-bond acceptors (Lipinski definition) is 2. The van der Waals surface area contributed by atoms with Crippen molar-refractivity contribution in [3.05, 3.63) is 0 Å². The lowest BCUT2D eigenvalue weighted by molar-refractivity contribution is -0.135. The molecule has 0 aromatic heterocycles. The van der Waals surface area contributed by atoms with E-state index in [-0.39, 0.29) is 5.41 Å². The van der Waals surface area contributed by atoms with Crippen LogP contribution in [-0.2, 0) is 4.79 Å². The normalized spacial score (nSPS) is 26.6. The number of rotatable bonds is 2. The van der Waals surface area contributed by atoms with Gasteiger partial charge in [0.2, 0.25) is 5.91 Å². The summed E-state index contributed by atoms with van der Waals surface area (Å²) in [6.07, 6.45) is 5.59. The van der Waals surface area contributed by atoms with Crippen molar-refractivity contribution in [1.29, 1.82) is 0 Å². The Morgan fingerprint density at radius 2 is 1.89 bits per heavy atom. The second kappa shape index (κ2) is 5.60. The molecule has 0 saturated carbocycles. The highest BCUT2D eigenvalue weighted by molar-refractivity contribution is 5.77. The summed E-state index contributed by atoms with van der Waals surface area (Å²) in [5.41, 5.74) is 0.109. The Labute approximate surface area is 111 Å². The van der Waals surface area contributed by atoms with E-state index in [1.54, 1.807) is 0 Å². The fourth-order valence-electron chi connectivity index (χ4n) is 3.38. The van der Waals surface area contributed by atoms with Gasteiger partial charge in [-0.3, -0.25) is 4.79 Å². The monoisotopic (exact) mass is 252 g/mol. The van der Waals surface area contributed by atoms with Crippen molar-refractivity contribution in [2.24, 2.45) is 11.3 Å². The number of nitrogens with one attached hydrogen (secondary N) is 1. The fraction of sp³-hybridized carbons (Fsp3) is 0.933. The van der Waals surface area contributed by atoms with Crippen LogP contribution in [0.1, 0.15) is 52.9 Å². The van der Waals surface area contributed by atoms with Gasteiger partial charge in [0.05, 0.1) is 0 Å². The number of piperidine rings is 1. The molecule has 2 aliphatic heterocycles. The minimum absolute atomic E-state index is 0.109. The molecule has 2 fully saturated rings. The average molecular weight is 252 g/mol. The van der Waals surface area contributed by atoms with Crippen LogP contribution < -0.4 is 5.32 Å². The van der Waals surface area contributed by atoms with Gasteiger partial charge in [-0.25, -0.2) is 0 Å². The second-order valence-corrected chi connectivity index (χ2v) is 7.12. The van der Waals surface area contributed by atoms with Gasteiger partial charge in [-0.2, -0.15) is 0 Å².